The third kappa shape index (κ3) is 2.09. The second kappa shape index (κ2) is 4.83. The number of hydrogen-bond donors (Lipinski definition) is 1. The van der Waals surface area contributed by atoms with Crippen molar-refractivity contribution in [2.24, 2.45) is 5.92 Å². The Hall–Kier alpha value is -1.58. The maximum atomic E-state index is 6.16. The zero-order valence-corrected chi connectivity index (χ0v) is 11.8. The summed E-state index contributed by atoms with van der Waals surface area (Å²) in [6.45, 7) is 4.31. The van der Waals surface area contributed by atoms with Gasteiger partial charge in [0.25, 0.3) is 0 Å². The molecule has 0 bridgehead atoms. The van der Waals surface area contributed by atoms with Gasteiger partial charge in [-0.05, 0) is 37.3 Å². The van der Waals surface area contributed by atoms with Gasteiger partial charge in [-0.15, -0.1) is 0 Å². The van der Waals surface area contributed by atoms with Crippen LogP contribution in [0.5, 0.6) is 0 Å². The molecule has 2 aromatic heterocycles. The summed E-state index contributed by atoms with van der Waals surface area (Å²) in [7, 11) is 0. The molecule has 0 saturated heterocycles. The van der Waals surface area contributed by atoms with Crippen LogP contribution in [0.1, 0.15) is 50.6 Å². The number of nitrogens with zero attached hydrogens (tertiary/aromatic N) is 3. The summed E-state index contributed by atoms with van der Waals surface area (Å²) in [5, 5.41) is 0. The Morgan fingerprint density at radius 2 is 2.16 bits per heavy atom. The summed E-state index contributed by atoms with van der Waals surface area (Å²) in [5.41, 5.74) is 9.18. The van der Waals surface area contributed by atoms with E-state index >= 15 is 0 Å². The number of hydrogen-bond acceptors (Lipinski definition) is 3. The first-order valence-electron chi connectivity index (χ1n) is 7.30. The van der Waals surface area contributed by atoms with Crippen LogP contribution in [-0.4, -0.2) is 14.5 Å². The quantitative estimate of drug-likeness (QED) is 0.897. The second-order valence-corrected chi connectivity index (χ2v) is 5.72. The van der Waals surface area contributed by atoms with Crippen molar-refractivity contribution < 1.29 is 0 Å². The van der Waals surface area contributed by atoms with Crippen molar-refractivity contribution in [1.29, 1.82) is 0 Å². The van der Waals surface area contributed by atoms with E-state index in [1.54, 1.807) is 0 Å². The van der Waals surface area contributed by atoms with Crippen molar-refractivity contribution in [3.63, 3.8) is 0 Å². The fourth-order valence-electron chi connectivity index (χ4n) is 3.43. The number of anilines is 1. The molecule has 2 atom stereocenters. The SMILES string of the molecule is CCC1CCCCC1n1c(N)nc2cc(C)cnc21. The van der Waals surface area contributed by atoms with Crippen LogP contribution in [0.15, 0.2) is 12.3 Å². The molecular formula is C15H22N4. The van der Waals surface area contributed by atoms with Gasteiger partial charge in [0.15, 0.2) is 5.65 Å². The molecule has 3 rings (SSSR count). The highest BCUT2D eigenvalue weighted by Crippen LogP contribution is 2.38. The molecule has 0 radical (unpaired) electrons. The van der Waals surface area contributed by atoms with Crippen LogP contribution >= 0.6 is 0 Å². The first kappa shape index (κ1) is 12.5. The minimum atomic E-state index is 0.471. The van der Waals surface area contributed by atoms with Crippen molar-refractivity contribution in [3.8, 4) is 0 Å². The lowest BCUT2D eigenvalue weighted by molar-refractivity contribution is 0.238. The molecule has 0 aliphatic heterocycles. The zero-order valence-electron chi connectivity index (χ0n) is 11.8. The van der Waals surface area contributed by atoms with Gasteiger partial charge in [-0.1, -0.05) is 26.2 Å². The van der Waals surface area contributed by atoms with Crippen molar-refractivity contribution in [2.75, 3.05) is 5.73 Å². The Bertz CT molecular complexity index is 587. The third-order valence-electron chi connectivity index (χ3n) is 4.42. The Balaban J connectivity index is 2.10. The van der Waals surface area contributed by atoms with Crippen LogP contribution in [0.3, 0.4) is 0 Å². The number of rotatable bonds is 2. The van der Waals surface area contributed by atoms with Gasteiger partial charge in [0.1, 0.15) is 5.52 Å². The van der Waals surface area contributed by atoms with E-state index in [9.17, 15) is 0 Å². The number of aryl methyl sites for hydroxylation is 1. The van der Waals surface area contributed by atoms with Crippen LogP contribution in [0.2, 0.25) is 0 Å². The van der Waals surface area contributed by atoms with E-state index in [1.807, 2.05) is 13.1 Å². The number of nitrogens with two attached hydrogens (primary N) is 1. The molecule has 102 valence electrons. The highest BCUT2D eigenvalue weighted by atomic mass is 15.2. The van der Waals surface area contributed by atoms with Crippen molar-refractivity contribution in [3.05, 3.63) is 17.8 Å². The molecule has 1 saturated carbocycles. The van der Waals surface area contributed by atoms with Crippen LogP contribution in [0.25, 0.3) is 11.2 Å². The maximum absolute atomic E-state index is 6.16. The van der Waals surface area contributed by atoms with E-state index in [2.05, 4.69) is 27.5 Å². The minimum absolute atomic E-state index is 0.471. The lowest BCUT2D eigenvalue weighted by atomic mass is 9.82. The van der Waals surface area contributed by atoms with Gasteiger partial charge in [0.2, 0.25) is 5.95 Å². The molecule has 1 aliphatic rings. The topological polar surface area (TPSA) is 56.7 Å². The van der Waals surface area contributed by atoms with Crippen molar-refractivity contribution in [2.45, 2.75) is 52.0 Å². The third-order valence-corrected chi connectivity index (χ3v) is 4.42. The monoisotopic (exact) mass is 258 g/mol. The number of imidazole rings is 1. The molecule has 0 amide bonds. The summed E-state index contributed by atoms with van der Waals surface area (Å²) < 4.78 is 2.18. The van der Waals surface area contributed by atoms with E-state index in [-0.39, 0.29) is 0 Å². The summed E-state index contributed by atoms with van der Waals surface area (Å²) in [5.74, 6) is 1.33. The first-order valence-corrected chi connectivity index (χ1v) is 7.30. The summed E-state index contributed by atoms with van der Waals surface area (Å²) in [6, 6.07) is 2.54. The zero-order chi connectivity index (χ0) is 13.4. The predicted molar refractivity (Wildman–Crippen MR) is 78.0 cm³/mol. The normalized spacial score (nSPS) is 23.9. The van der Waals surface area contributed by atoms with Gasteiger partial charge in [0, 0.05) is 12.2 Å². The molecule has 0 spiro atoms. The standard InChI is InChI=1S/C15H22N4/c1-3-11-6-4-5-7-13(11)19-14-12(18-15(19)16)8-10(2)9-17-14/h8-9,11,13H,3-7H2,1-2H3,(H2,16,18). The Morgan fingerprint density at radius 1 is 1.37 bits per heavy atom. The van der Waals surface area contributed by atoms with E-state index < -0.39 is 0 Å². The maximum Gasteiger partial charge on any atom is 0.202 e. The number of aromatic nitrogens is 3. The fraction of sp³-hybridized carbons (Fsp3) is 0.600. The molecule has 1 aliphatic carbocycles. The van der Waals surface area contributed by atoms with Gasteiger partial charge in [-0.25, -0.2) is 9.97 Å². The Morgan fingerprint density at radius 3 is 2.95 bits per heavy atom. The van der Waals surface area contributed by atoms with Gasteiger partial charge in [0.05, 0.1) is 0 Å². The molecule has 4 heteroatoms. The Labute approximate surface area is 114 Å². The molecule has 2 unspecified atom stereocenters. The molecule has 4 nitrogen and oxygen atoms in total. The minimum Gasteiger partial charge on any atom is -0.369 e. The van der Waals surface area contributed by atoms with Crippen LogP contribution in [0.4, 0.5) is 5.95 Å². The largest absolute Gasteiger partial charge is 0.369 e. The van der Waals surface area contributed by atoms with Crippen molar-refractivity contribution >= 4 is 17.1 Å². The molecule has 1 fully saturated rings. The first-order chi connectivity index (χ1) is 9.20. The molecule has 0 aromatic carbocycles. The van der Waals surface area contributed by atoms with Crippen LogP contribution in [-0.2, 0) is 0 Å². The number of fused-ring (bicyclic) bond motifs is 1. The fourth-order valence-corrected chi connectivity index (χ4v) is 3.43. The highest BCUT2D eigenvalue weighted by molar-refractivity contribution is 5.74. The molecule has 19 heavy (non-hydrogen) atoms. The van der Waals surface area contributed by atoms with Crippen LogP contribution < -0.4 is 5.73 Å². The molecular weight excluding hydrogens is 236 g/mol. The van der Waals surface area contributed by atoms with Gasteiger partial charge in [-0.2, -0.15) is 0 Å². The van der Waals surface area contributed by atoms with Crippen molar-refractivity contribution in [1.82, 2.24) is 14.5 Å². The lowest BCUT2D eigenvalue weighted by Crippen LogP contribution is -2.24. The van der Waals surface area contributed by atoms with E-state index in [0.29, 0.717) is 17.9 Å². The second-order valence-electron chi connectivity index (χ2n) is 5.72. The number of nitrogen functional groups attached to an aromatic ring is 1. The summed E-state index contributed by atoms with van der Waals surface area (Å²) >= 11 is 0. The van der Waals surface area contributed by atoms with Gasteiger partial charge >= 0.3 is 0 Å². The van der Waals surface area contributed by atoms with E-state index in [4.69, 9.17) is 5.73 Å². The number of pyridine rings is 1. The highest BCUT2D eigenvalue weighted by Gasteiger charge is 2.28. The Kier molecular flexibility index (Phi) is 3.17. The van der Waals surface area contributed by atoms with Gasteiger partial charge in [-0.3, -0.25) is 4.57 Å². The van der Waals surface area contributed by atoms with Crippen LogP contribution in [0, 0.1) is 12.8 Å². The molecule has 2 N–H and O–H groups in total. The van der Waals surface area contributed by atoms with Gasteiger partial charge < -0.3 is 5.73 Å². The van der Waals surface area contributed by atoms with E-state index in [0.717, 1.165) is 16.7 Å². The smallest absolute Gasteiger partial charge is 0.202 e. The summed E-state index contributed by atoms with van der Waals surface area (Å²) in [6.07, 6.45) is 8.23. The molecule has 2 aromatic rings. The molecule has 2 heterocycles. The van der Waals surface area contributed by atoms with E-state index in [1.165, 1.54) is 32.1 Å². The average molecular weight is 258 g/mol. The predicted octanol–water partition coefficient (Wildman–Crippen LogP) is 3.46. The summed E-state index contributed by atoms with van der Waals surface area (Å²) in [4.78, 5) is 9.06. The average Bonchev–Trinajstić information content (AvgIpc) is 2.73. The lowest BCUT2D eigenvalue weighted by Gasteiger charge is -2.32.